The highest BCUT2D eigenvalue weighted by molar-refractivity contribution is 5.76. The molecule has 1 aromatic carbocycles. The van der Waals surface area contributed by atoms with Crippen LogP contribution in [-0.4, -0.2) is 16.1 Å². The van der Waals surface area contributed by atoms with Crippen molar-refractivity contribution in [3.63, 3.8) is 0 Å². The van der Waals surface area contributed by atoms with Gasteiger partial charge in [-0.05, 0) is 36.9 Å². The molecule has 6 heteroatoms. The molecule has 116 valence electrons. The van der Waals surface area contributed by atoms with Crippen molar-refractivity contribution in [3.8, 4) is 0 Å². The minimum absolute atomic E-state index is 0.0943. The average molecular weight is 299 g/mol. The highest BCUT2D eigenvalue weighted by atomic mass is 19.4. The molecule has 2 N–H and O–H groups in total. The summed E-state index contributed by atoms with van der Waals surface area (Å²) in [5, 5.41) is 0. The number of imidazole rings is 1. The summed E-state index contributed by atoms with van der Waals surface area (Å²) in [4.78, 5) is 3.74. The number of aryl methyl sites for hydroxylation is 1. The Balaban J connectivity index is 2.37. The van der Waals surface area contributed by atoms with Crippen molar-refractivity contribution < 1.29 is 13.2 Å². The van der Waals surface area contributed by atoms with Crippen molar-refractivity contribution in [2.45, 2.75) is 39.4 Å². The minimum Gasteiger partial charge on any atom is -0.330 e. The summed E-state index contributed by atoms with van der Waals surface area (Å²) in [5.74, 6) is -0.827. The van der Waals surface area contributed by atoms with Crippen LogP contribution < -0.4 is 5.73 Å². The fraction of sp³-hybridized carbons (Fsp3) is 0.533. The Labute approximate surface area is 122 Å². The zero-order valence-corrected chi connectivity index (χ0v) is 12.2. The minimum atomic E-state index is -4.45. The van der Waals surface area contributed by atoms with Gasteiger partial charge in [-0.1, -0.05) is 26.0 Å². The highest BCUT2D eigenvalue weighted by Gasteiger charge is 2.37. The Morgan fingerprint density at radius 2 is 1.81 bits per heavy atom. The van der Waals surface area contributed by atoms with E-state index in [1.807, 2.05) is 13.8 Å². The molecule has 2 rings (SSSR count). The fourth-order valence-electron chi connectivity index (χ4n) is 2.45. The van der Waals surface area contributed by atoms with E-state index in [0.29, 0.717) is 24.0 Å². The van der Waals surface area contributed by atoms with Gasteiger partial charge in [0.2, 0.25) is 5.82 Å². The van der Waals surface area contributed by atoms with Crippen LogP contribution in [0.25, 0.3) is 11.0 Å². The van der Waals surface area contributed by atoms with Crippen LogP contribution in [0.2, 0.25) is 0 Å². The molecule has 0 bridgehead atoms. The van der Waals surface area contributed by atoms with Crippen LogP contribution in [0.4, 0.5) is 13.2 Å². The summed E-state index contributed by atoms with van der Waals surface area (Å²) in [6, 6.07) is 6.70. The monoisotopic (exact) mass is 299 g/mol. The normalized spacial score (nSPS) is 13.0. The smallest absolute Gasteiger partial charge is 0.330 e. The third kappa shape index (κ3) is 3.56. The molecule has 0 atom stereocenters. The third-order valence-electron chi connectivity index (χ3n) is 3.74. The van der Waals surface area contributed by atoms with Gasteiger partial charge in [-0.15, -0.1) is 0 Å². The van der Waals surface area contributed by atoms with Gasteiger partial charge >= 0.3 is 6.18 Å². The first-order valence-corrected chi connectivity index (χ1v) is 6.97. The number of hydrogen-bond acceptors (Lipinski definition) is 2. The average Bonchev–Trinajstić information content (AvgIpc) is 2.75. The number of nitrogens with two attached hydrogens (primary N) is 1. The van der Waals surface area contributed by atoms with E-state index in [1.54, 1.807) is 24.3 Å². The van der Waals surface area contributed by atoms with Crippen LogP contribution in [0.1, 0.15) is 32.5 Å². The maximum absolute atomic E-state index is 13.2. The first-order chi connectivity index (χ1) is 9.74. The van der Waals surface area contributed by atoms with Crippen molar-refractivity contribution in [1.82, 2.24) is 9.55 Å². The Morgan fingerprint density at radius 1 is 1.14 bits per heavy atom. The summed E-state index contributed by atoms with van der Waals surface area (Å²) >= 11 is 0. The van der Waals surface area contributed by atoms with E-state index in [0.717, 1.165) is 6.42 Å². The van der Waals surface area contributed by atoms with Crippen molar-refractivity contribution >= 4 is 11.0 Å². The van der Waals surface area contributed by atoms with Crippen LogP contribution in [0.5, 0.6) is 0 Å². The molecule has 0 saturated carbocycles. The van der Waals surface area contributed by atoms with Crippen LogP contribution in [0.15, 0.2) is 24.3 Å². The number of nitrogens with zero attached hydrogens (tertiary/aromatic N) is 2. The zero-order valence-electron chi connectivity index (χ0n) is 12.2. The van der Waals surface area contributed by atoms with E-state index in [4.69, 9.17) is 5.73 Å². The predicted octanol–water partition coefficient (Wildman–Crippen LogP) is 3.82. The summed E-state index contributed by atoms with van der Waals surface area (Å²) < 4.78 is 40.7. The third-order valence-corrected chi connectivity index (χ3v) is 3.74. The second-order valence-corrected chi connectivity index (χ2v) is 6.03. The molecule has 0 aliphatic heterocycles. The molecule has 0 fully saturated rings. The van der Waals surface area contributed by atoms with E-state index >= 15 is 0 Å². The topological polar surface area (TPSA) is 43.8 Å². The lowest BCUT2D eigenvalue weighted by Gasteiger charge is -2.24. The van der Waals surface area contributed by atoms with E-state index in [1.165, 1.54) is 4.57 Å². The molecule has 21 heavy (non-hydrogen) atoms. The summed E-state index contributed by atoms with van der Waals surface area (Å²) in [5.41, 5.74) is 6.36. The Kier molecular flexibility index (Phi) is 4.27. The Bertz CT molecular complexity index is 614. The number of benzene rings is 1. The molecule has 1 heterocycles. The lowest BCUT2D eigenvalue weighted by atomic mass is 9.86. The molecule has 0 saturated heterocycles. The first-order valence-electron chi connectivity index (χ1n) is 6.97. The predicted molar refractivity (Wildman–Crippen MR) is 76.8 cm³/mol. The van der Waals surface area contributed by atoms with Gasteiger partial charge in [-0.25, -0.2) is 4.98 Å². The van der Waals surface area contributed by atoms with Gasteiger partial charge in [0.25, 0.3) is 0 Å². The molecule has 1 aromatic heterocycles. The quantitative estimate of drug-likeness (QED) is 0.912. The standard InChI is InChI=1S/C15H20F3N3/c1-14(2,7-9-19)8-10-21-12-6-4-3-5-11(12)20-13(21)15(16,17)18/h3-6H,7-10,19H2,1-2H3. The second kappa shape index (κ2) is 5.67. The Morgan fingerprint density at radius 3 is 2.43 bits per heavy atom. The zero-order chi connectivity index (χ0) is 15.7. The number of hydrogen-bond donors (Lipinski definition) is 1. The molecule has 0 amide bonds. The maximum atomic E-state index is 13.2. The molecular formula is C15H20F3N3. The highest BCUT2D eigenvalue weighted by Crippen LogP contribution is 2.33. The van der Waals surface area contributed by atoms with Gasteiger partial charge in [-0.2, -0.15) is 13.2 Å². The number of aromatic nitrogens is 2. The molecular weight excluding hydrogens is 279 g/mol. The number of alkyl halides is 3. The van der Waals surface area contributed by atoms with E-state index in [-0.39, 0.29) is 12.0 Å². The van der Waals surface area contributed by atoms with Gasteiger partial charge in [0.05, 0.1) is 11.0 Å². The Hall–Kier alpha value is -1.56. The molecule has 0 radical (unpaired) electrons. The molecule has 0 aliphatic rings. The fourth-order valence-corrected chi connectivity index (χ4v) is 2.45. The molecule has 0 unspecified atom stereocenters. The molecule has 0 spiro atoms. The largest absolute Gasteiger partial charge is 0.449 e. The summed E-state index contributed by atoms with van der Waals surface area (Å²) in [6.07, 6.45) is -3.05. The lowest BCUT2D eigenvalue weighted by Crippen LogP contribution is -2.21. The van der Waals surface area contributed by atoms with Crippen molar-refractivity contribution in [3.05, 3.63) is 30.1 Å². The van der Waals surface area contributed by atoms with Crippen LogP contribution in [-0.2, 0) is 12.7 Å². The van der Waals surface area contributed by atoms with Gasteiger partial charge in [0.1, 0.15) is 0 Å². The van der Waals surface area contributed by atoms with E-state index < -0.39 is 12.0 Å². The molecule has 0 aliphatic carbocycles. The summed E-state index contributed by atoms with van der Waals surface area (Å²) in [6.45, 7) is 4.85. The van der Waals surface area contributed by atoms with Crippen LogP contribution in [0, 0.1) is 5.41 Å². The second-order valence-electron chi connectivity index (χ2n) is 6.03. The van der Waals surface area contributed by atoms with Gasteiger partial charge in [0.15, 0.2) is 0 Å². The van der Waals surface area contributed by atoms with Crippen LogP contribution in [0.3, 0.4) is 0 Å². The van der Waals surface area contributed by atoms with Gasteiger partial charge < -0.3 is 10.3 Å². The van der Waals surface area contributed by atoms with Crippen molar-refractivity contribution in [2.75, 3.05) is 6.54 Å². The summed E-state index contributed by atoms with van der Waals surface area (Å²) in [7, 11) is 0. The van der Waals surface area contributed by atoms with E-state index in [2.05, 4.69) is 4.98 Å². The SMILES string of the molecule is CC(C)(CCN)CCn1c(C(F)(F)F)nc2ccccc21. The van der Waals surface area contributed by atoms with Crippen molar-refractivity contribution in [1.29, 1.82) is 0 Å². The van der Waals surface area contributed by atoms with Crippen molar-refractivity contribution in [2.24, 2.45) is 11.1 Å². The van der Waals surface area contributed by atoms with Crippen LogP contribution >= 0.6 is 0 Å². The van der Waals surface area contributed by atoms with E-state index in [9.17, 15) is 13.2 Å². The maximum Gasteiger partial charge on any atom is 0.449 e. The molecule has 3 nitrogen and oxygen atoms in total. The number of para-hydroxylation sites is 2. The number of halogens is 3. The van der Waals surface area contributed by atoms with Gasteiger partial charge in [0, 0.05) is 6.54 Å². The van der Waals surface area contributed by atoms with Gasteiger partial charge in [-0.3, -0.25) is 0 Å². The lowest BCUT2D eigenvalue weighted by molar-refractivity contribution is -0.147. The first kappa shape index (κ1) is 15.8. The number of rotatable bonds is 5. The number of fused-ring (bicyclic) bond motifs is 1. The molecule has 2 aromatic rings.